The highest BCUT2D eigenvalue weighted by Crippen LogP contribution is 2.38. The standard InChI is InChI=1S/C13H10S.H2O.H2S/c1-3-7-12-10(5-1)9-11-6-2-4-8-13(11)14-12;;/h1-8H,9H2;2*1H2. The van der Waals surface area contributed by atoms with Crippen molar-refractivity contribution in [2.45, 2.75) is 16.2 Å². The maximum absolute atomic E-state index is 2.22. The van der Waals surface area contributed by atoms with Gasteiger partial charge in [-0.05, 0) is 29.7 Å². The Labute approximate surface area is 107 Å². The van der Waals surface area contributed by atoms with Crippen molar-refractivity contribution >= 4 is 25.3 Å². The summed E-state index contributed by atoms with van der Waals surface area (Å²) in [6, 6.07) is 17.3. The summed E-state index contributed by atoms with van der Waals surface area (Å²) in [5.74, 6) is 0. The lowest BCUT2D eigenvalue weighted by molar-refractivity contribution is 0.824. The molecule has 2 aromatic rings. The molecule has 16 heavy (non-hydrogen) atoms. The molecule has 84 valence electrons. The lowest BCUT2D eigenvalue weighted by atomic mass is 10.0. The fraction of sp³-hybridized carbons (Fsp3) is 0.0769. The zero-order chi connectivity index (χ0) is 9.38. The van der Waals surface area contributed by atoms with Crippen LogP contribution in [0.15, 0.2) is 58.3 Å². The van der Waals surface area contributed by atoms with Crippen molar-refractivity contribution in [2.75, 3.05) is 0 Å². The lowest BCUT2D eigenvalue weighted by Gasteiger charge is -2.17. The number of rotatable bonds is 0. The van der Waals surface area contributed by atoms with Gasteiger partial charge in [-0.2, -0.15) is 13.5 Å². The highest BCUT2D eigenvalue weighted by molar-refractivity contribution is 7.99. The topological polar surface area (TPSA) is 31.5 Å². The summed E-state index contributed by atoms with van der Waals surface area (Å²) in [6.45, 7) is 0. The molecule has 3 rings (SSSR count). The second kappa shape index (κ2) is 5.43. The van der Waals surface area contributed by atoms with E-state index in [4.69, 9.17) is 0 Å². The van der Waals surface area contributed by atoms with Crippen LogP contribution in [0.25, 0.3) is 0 Å². The maximum atomic E-state index is 2.22. The van der Waals surface area contributed by atoms with Gasteiger partial charge < -0.3 is 5.48 Å². The minimum Gasteiger partial charge on any atom is -0.412 e. The molecule has 0 aliphatic carbocycles. The van der Waals surface area contributed by atoms with Crippen LogP contribution in [0.5, 0.6) is 0 Å². The Morgan fingerprint density at radius 1 is 0.750 bits per heavy atom. The third-order valence-corrected chi connectivity index (χ3v) is 3.78. The summed E-state index contributed by atoms with van der Waals surface area (Å²) < 4.78 is 0. The van der Waals surface area contributed by atoms with Gasteiger partial charge in [0.15, 0.2) is 0 Å². The zero-order valence-electron chi connectivity index (χ0n) is 8.73. The Morgan fingerprint density at radius 2 is 1.19 bits per heavy atom. The molecule has 0 bridgehead atoms. The van der Waals surface area contributed by atoms with E-state index in [2.05, 4.69) is 48.5 Å². The first kappa shape index (κ1) is 13.2. The number of hydrogen-bond donors (Lipinski definition) is 0. The molecule has 1 aliphatic rings. The summed E-state index contributed by atoms with van der Waals surface area (Å²) in [7, 11) is 0. The highest BCUT2D eigenvalue weighted by Gasteiger charge is 2.13. The summed E-state index contributed by atoms with van der Waals surface area (Å²) in [5, 5.41) is 0. The van der Waals surface area contributed by atoms with Crippen LogP contribution in [0.2, 0.25) is 0 Å². The summed E-state index contributed by atoms with van der Waals surface area (Å²) >= 11 is 1.88. The van der Waals surface area contributed by atoms with Crippen molar-refractivity contribution in [3.63, 3.8) is 0 Å². The van der Waals surface area contributed by atoms with Crippen LogP contribution < -0.4 is 0 Å². The molecule has 2 N–H and O–H groups in total. The van der Waals surface area contributed by atoms with Gasteiger partial charge in [-0.15, -0.1) is 0 Å². The predicted octanol–water partition coefficient (Wildman–Crippen LogP) is 3.03. The van der Waals surface area contributed by atoms with E-state index < -0.39 is 0 Å². The molecule has 0 fully saturated rings. The van der Waals surface area contributed by atoms with E-state index in [0.717, 1.165) is 6.42 Å². The summed E-state index contributed by atoms with van der Waals surface area (Å²) in [5.41, 5.74) is 2.91. The van der Waals surface area contributed by atoms with E-state index in [9.17, 15) is 0 Å². The molecule has 1 nitrogen and oxygen atoms in total. The van der Waals surface area contributed by atoms with Crippen LogP contribution in [-0.2, 0) is 6.42 Å². The Kier molecular flexibility index (Phi) is 4.47. The van der Waals surface area contributed by atoms with Gasteiger partial charge in [0.25, 0.3) is 0 Å². The van der Waals surface area contributed by atoms with E-state index in [1.807, 2.05) is 11.8 Å². The van der Waals surface area contributed by atoms with Crippen LogP contribution in [0, 0.1) is 0 Å². The van der Waals surface area contributed by atoms with E-state index in [-0.39, 0.29) is 19.0 Å². The molecule has 0 atom stereocenters. The van der Waals surface area contributed by atoms with Gasteiger partial charge in [-0.3, -0.25) is 0 Å². The van der Waals surface area contributed by atoms with Gasteiger partial charge in [0.05, 0.1) is 0 Å². The number of fused-ring (bicyclic) bond motifs is 2. The molecule has 0 amide bonds. The highest BCUT2D eigenvalue weighted by atomic mass is 32.2. The first-order chi connectivity index (χ1) is 6.93. The van der Waals surface area contributed by atoms with Crippen LogP contribution >= 0.6 is 25.3 Å². The molecular formula is C13H14OS2. The van der Waals surface area contributed by atoms with Crippen molar-refractivity contribution in [1.29, 1.82) is 0 Å². The Balaban J connectivity index is 0.000000640. The van der Waals surface area contributed by atoms with E-state index in [0.29, 0.717) is 0 Å². The second-order valence-electron chi connectivity index (χ2n) is 3.49. The van der Waals surface area contributed by atoms with Crippen molar-refractivity contribution in [3.05, 3.63) is 59.7 Å². The minimum atomic E-state index is 0. The molecule has 0 saturated carbocycles. The van der Waals surface area contributed by atoms with Gasteiger partial charge in [0, 0.05) is 9.79 Å². The Morgan fingerprint density at radius 3 is 1.69 bits per heavy atom. The van der Waals surface area contributed by atoms with Gasteiger partial charge in [-0.25, -0.2) is 0 Å². The molecular weight excluding hydrogens is 236 g/mol. The van der Waals surface area contributed by atoms with E-state index >= 15 is 0 Å². The summed E-state index contributed by atoms with van der Waals surface area (Å²) in [6.07, 6.45) is 1.08. The fourth-order valence-corrected chi connectivity index (χ4v) is 2.90. The molecule has 0 radical (unpaired) electrons. The number of benzene rings is 2. The van der Waals surface area contributed by atoms with Gasteiger partial charge >= 0.3 is 0 Å². The molecule has 0 unspecified atom stereocenters. The van der Waals surface area contributed by atoms with Crippen LogP contribution in [0.3, 0.4) is 0 Å². The number of hydrogen-bond acceptors (Lipinski definition) is 1. The Hall–Kier alpha value is -0.900. The molecule has 3 heteroatoms. The Bertz CT molecular complexity index is 395. The normalized spacial score (nSPS) is 11.5. The SMILES string of the molecule is O.S.c1ccc2c(c1)Cc1ccccc1S2. The monoisotopic (exact) mass is 250 g/mol. The largest absolute Gasteiger partial charge is 0.412 e. The minimum absolute atomic E-state index is 0. The summed E-state index contributed by atoms with van der Waals surface area (Å²) in [4.78, 5) is 2.82. The van der Waals surface area contributed by atoms with Crippen LogP contribution in [0.1, 0.15) is 11.1 Å². The van der Waals surface area contributed by atoms with Crippen molar-refractivity contribution < 1.29 is 5.48 Å². The van der Waals surface area contributed by atoms with Gasteiger partial charge in [-0.1, -0.05) is 48.2 Å². The average Bonchev–Trinajstić information content (AvgIpc) is 2.26. The van der Waals surface area contributed by atoms with Crippen molar-refractivity contribution in [2.24, 2.45) is 0 Å². The first-order valence-corrected chi connectivity index (χ1v) is 5.59. The van der Waals surface area contributed by atoms with Gasteiger partial charge in [0.1, 0.15) is 0 Å². The molecule has 1 aliphatic heterocycles. The van der Waals surface area contributed by atoms with Crippen molar-refractivity contribution in [3.8, 4) is 0 Å². The van der Waals surface area contributed by atoms with Gasteiger partial charge in [0.2, 0.25) is 0 Å². The fourth-order valence-electron chi connectivity index (χ4n) is 1.82. The molecule has 0 spiro atoms. The molecule has 2 aromatic carbocycles. The third-order valence-electron chi connectivity index (χ3n) is 2.55. The van der Waals surface area contributed by atoms with E-state index in [1.165, 1.54) is 20.9 Å². The molecule has 0 aromatic heterocycles. The quantitative estimate of drug-likeness (QED) is 0.603. The molecule has 0 saturated heterocycles. The average molecular weight is 250 g/mol. The third kappa shape index (κ3) is 2.26. The maximum Gasteiger partial charge on any atom is 0.0157 e. The molecule has 1 heterocycles. The van der Waals surface area contributed by atoms with Crippen LogP contribution in [0.4, 0.5) is 0 Å². The first-order valence-electron chi connectivity index (χ1n) is 4.77. The van der Waals surface area contributed by atoms with Crippen LogP contribution in [-0.4, -0.2) is 5.48 Å². The van der Waals surface area contributed by atoms with E-state index in [1.54, 1.807) is 0 Å². The smallest absolute Gasteiger partial charge is 0.0157 e. The second-order valence-corrected chi connectivity index (χ2v) is 4.58. The zero-order valence-corrected chi connectivity index (χ0v) is 10.6. The van der Waals surface area contributed by atoms with Crippen molar-refractivity contribution in [1.82, 2.24) is 0 Å². The predicted molar refractivity (Wildman–Crippen MR) is 73.8 cm³/mol. The lowest BCUT2D eigenvalue weighted by Crippen LogP contribution is -1.98.